The minimum Gasteiger partial charge on any atom is -0.476 e. The molecule has 4 aromatic heterocycles. The second-order valence-corrected chi connectivity index (χ2v) is 9.31. The first-order valence-electron chi connectivity index (χ1n) is 12.3. The van der Waals surface area contributed by atoms with E-state index in [2.05, 4.69) is 44.7 Å². The lowest BCUT2D eigenvalue weighted by atomic mass is 9.97. The smallest absolute Gasteiger partial charge is 0.356 e. The molecule has 2 aliphatic heterocycles. The highest BCUT2D eigenvalue weighted by molar-refractivity contribution is 5.85. The number of fused-ring (bicyclic) bond motifs is 1. The number of carboxylic acids is 1. The zero-order valence-electron chi connectivity index (χ0n) is 20.5. The van der Waals surface area contributed by atoms with Gasteiger partial charge in [0.1, 0.15) is 5.82 Å². The number of nitrogens with two attached hydrogens (primary N) is 1. The number of aromatic nitrogens is 7. The lowest BCUT2D eigenvalue weighted by Crippen LogP contribution is -2.50. The topological polar surface area (TPSA) is 168 Å². The fourth-order valence-electron chi connectivity index (χ4n) is 4.96. The van der Waals surface area contributed by atoms with Crippen LogP contribution in [0.2, 0.25) is 0 Å². The Morgan fingerprint density at radius 3 is 2.63 bits per heavy atom. The number of rotatable bonds is 6. The van der Waals surface area contributed by atoms with Gasteiger partial charge in [-0.05, 0) is 30.9 Å². The molecule has 6 rings (SSSR count). The molecule has 6 heterocycles. The van der Waals surface area contributed by atoms with Crippen molar-refractivity contribution < 1.29 is 14.3 Å². The summed E-state index contributed by atoms with van der Waals surface area (Å²) in [7, 11) is 0. The van der Waals surface area contributed by atoms with Gasteiger partial charge in [0.2, 0.25) is 17.7 Å². The number of nitrogens with zero attached hydrogens (tertiary/aromatic N) is 10. The fourth-order valence-corrected chi connectivity index (χ4v) is 4.96. The Bertz CT molecular complexity index is 1390. The quantitative estimate of drug-likeness (QED) is 0.358. The molecule has 3 N–H and O–H groups in total. The maximum absolute atomic E-state index is 11.0. The molecule has 38 heavy (non-hydrogen) atoms. The highest BCUT2D eigenvalue weighted by Crippen LogP contribution is 2.24. The van der Waals surface area contributed by atoms with E-state index in [1.54, 1.807) is 18.4 Å². The molecule has 0 radical (unpaired) electrons. The van der Waals surface area contributed by atoms with Crippen LogP contribution < -0.4 is 15.5 Å². The molecule has 0 aromatic carbocycles. The third-order valence-electron chi connectivity index (χ3n) is 6.84. The van der Waals surface area contributed by atoms with Crippen molar-refractivity contribution in [1.82, 2.24) is 39.4 Å². The zero-order chi connectivity index (χ0) is 25.4. The number of anilines is 3. The van der Waals surface area contributed by atoms with Gasteiger partial charge in [-0.1, -0.05) is 0 Å². The summed E-state index contributed by atoms with van der Waals surface area (Å²) in [4.78, 5) is 39.7. The summed E-state index contributed by atoms with van der Waals surface area (Å²) in [5.74, 6) is 2.29. The van der Waals surface area contributed by atoms with Crippen molar-refractivity contribution in [2.75, 3.05) is 61.3 Å². The van der Waals surface area contributed by atoms with E-state index in [0.717, 1.165) is 58.7 Å². The lowest BCUT2D eigenvalue weighted by molar-refractivity contribution is 0.0690. The number of hydrogen-bond donors (Lipinski definition) is 2. The Hall–Kier alpha value is -4.04. The molecule has 0 aliphatic carbocycles. The Labute approximate surface area is 223 Å². The first-order valence-corrected chi connectivity index (χ1v) is 12.3. The minimum atomic E-state index is -1.07. The van der Waals surface area contributed by atoms with Crippen LogP contribution in [0.3, 0.4) is 0 Å². The fraction of sp³-hybridized carbons (Fsp3) is 0.435. The van der Waals surface area contributed by atoms with E-state index >= 15 is 0 Å². The first kappa shape index (κ1) is 25.6. The second-order valence-electron chi connectivity index (χ2n) is 9.31. The summed E-state index contributed by atoms with van der Waals surface area (Å²) in [5, 5.41) is 13.4. The Morgan fingerprint density at radius 2 is 1.92 bits per heavy atom. The average Bonchev–Trinajstić information content (AvgIpc) is 3.60. The van der Waals surface area contributed by atoms with E-state index in [1.165, 1.54) is 16.9 Å². The molecule has 4 aromatic rings. The summed E-state index contributed by atoms with van der Waals surface area (Å²) in [6, 6.07) is 3.57. The number of carbonyl (C=O) groups is 1. The van der Waals surface area contributed by atoms with E-state index in [9.17, 15) is 4.79 Å². The molecule has 14 nitrogen and oxygen atoms in total. The number of hydrogen-bond acceptors (Lipinski definition) is 12. The standard InChI is InChI=1S/C23H27N11O3.ClH/c24-21-28-22(29-23-27-19(30-34(21)23)17-4-2-10-37-17)33-5-1-3-15(14-33)13-31-6-8-32(9-7-31)18-12-25-16(11-26-18)20(35)36;/h2,4,10-12,15H,1,3,5-9,13-14H2,(H,35,36)(H2,24,27,28,29,30);1H/t15-;/m0./s1. The predicted octanol–water partition coefficient (Wildman–Crippen LogP) is 1.31. The van der Waals surface area contributed by atoms with Crippen LogP contribution in [0.25, 0.3) is 17.4 Å². The second kappa shape index (κ2) is 10.8. The summed E-state index contributed by atoms with van der Waals surface area (Å²) in [5.41, 5.74) is 6.15. The summed E-state index contributed by atoms with van der Waals surface area (Å²) in [6.07, 6.45) is 6.61. The van der Waals surface area contributed by atoms with Crippen LogP contribution in [0.5, 0.6) is 0 Å². The molecule has 0 bridgehead atoms. The Balaban J connectivity index is 0.00000294. The molecule has 200 valence electrons. The molecular weight excluding hydrogens is 514 g/mol. The largest absolute Gasteiger partial charge is 0.476 e. The lowest BCUT2D eigenvalue weighted by Gasteiger charge is -2.39. The Morgan fingerprint density at radius 1 is 1.08 bits per heavy atom. The molecule has 15 heteroatoms. The van der Waals surface area contributed by atoms with Gasteiger partial charge in [-0.25, -0.2) is 14.8 Å². The van der Waals surface area contributed by atoms with Crippen LogP contribution in [0.4, 0.5) is 17.7 Å². The number of piperazine rings is 1. The number of halogens is 1. The van der Waals surface area contributed by atoms with Crippen LogP contribution in [0.1, 0.15) is 23.3 Å². The molecule has 0 spiro atoms. The summed E-state index contributed by atoms with van der Waals surface area (Å²) < 4.78 is 6.83. The average molecular weight is 542 g/mol. The van der Waals surface area contributed by atoms with Crippen LogP contribution >= 0.6 is 12.4 Å². The van der Waals surface area contributed by atoms with Gasteiger partial charge in [0.15, 0.2) is 11.5 Å². The van der Waals surface area contributed by atoms with Crippen LogP contribution in [0, 0.1) is 5.92 Å². The van der Waals surface area contributed by atoms with Crippen molar-refractivity contribution in [2.24, 2.45) is 5.92 Å². The molecule has 1 atom stereocenters. The van der Waals surface area contributed by atoms with Crippen molar-refractivity contribution >= 4 is 41.9 Å². The minimum absolute atomic E-state index is 0. The van der Waals surface area contributed by atoms with Crippen molar-refractivity contribution in [3.05, 3.63) is 36.5 Å². The third kappa shape index (κ3) is 5.17. The number of nitrogen functional groups attached to an aromatic ring is 1. The summed E-state index contributed by atoms with van der Waals surface area (Å²) in [6.45, 7) is 6.14. The van der Waals surface area contributed by atoms with Crippen LogP contribution in [-0.2, 0) is 0 Å². The number of aromatic carboxylic acids is 1. The maximum atomic E-state index is 11.0. The van der Waals surface area contributed by atoms with Gasteiger partial charge in [0, 0.05) is 45.8 Å². The van der Waals surface area contributed by atoms with Gasteiger partial charge in [0.05, 0.1) is 18.7 Å². The molecule has 2 aliphatic rings. The van der Waals surface area contributed by atoms with Crippen molar-refractivity contribution in [2.45, 2.75) is 12.8 Å². The summed E-state index contributed by atoms with van der Waals surface area (Å²) >= 11 is 0. The normalized spacial score (nSPS) is 18.5. The monoisotopic (exact) mass is 541 g/mol. The first-order chi connectivity index (χ1) is 18.0. The van der Waals surface area contributed by atoms with Gasteiger partial charge in [0.25, 0.3) is 5.78 Å². The van der Waals surface area contributed by atoms with Gasteiger partial charge in [-0.3, -0.25) is 4.90 Å². The highest BCUT2D eigenvalue weighted by Gasteiger charge is 2.27. The molecule has 0 unspecified atom stereocenters. The van der Waals surface area contributed by atoms with Gasteiger partial charge in [-0.2, -0.15) is 19.5 Å². The van der Waals surface area contributed by atoms with Gasteiger partial charge in [-0.15, -0.1) is 17.5 Å². The van der Waals surface area contributed by atoms with Gasteiger partial charge < -0.3 is 25.1 Å². The number of piperidine rings is 1. The van der Waals surface area contributed by atoms with Crippen molar-refractivity contribution in [3.63, 3.8) is 0 Å². The SMILES string of the molecule is Cl.Nc1nc(N2CCC[C@@H](CN3CCN(c4cnc(C(=O)O)cn4)CC3)C2)nc2nc(-c3ccco3)nn12. The van der Waals surface area contributed by atoms with Gasteiger partial charge >= 0.3 is 5.97 Å². The maximum Gasteiger partial charge on any atom is 0.356 e. The van der Waals surface area contributed by atoms with Crippen LogP contribution in [-0.4, -0.2) is 96.3 Å². The van der Waals surface area contributed by atoms with Crippen molar-refractivity contribution in [1.29, 1.82) is 0 Å². The number of furan rings is 1. The van der Waals surface area contributed by atoms with E-state index in [1.807, 2.05) is 0 Å². The van der Waals surface area contributed by atoms with Crippen LogP contribution in [0.15, 0.2) is 35.2 Å². The Kier molecular flexibility index (Phi) is 7.24. The molecule has 0 saturated carbocycles. The van der Waals surface area contributed by atoms with E-state index in [4.69, 9.17) is 15.3 Å². The molecular formula is C23H28ClN11O3. The predicted molar refractivity (Wildman–Crippen MR) is 141 cm³/mol. The highest BCUT2D eigenvalue weighted by atomic mass is 35.5. The van der Waals surface area contributed by atoms with E-state index in [-0.39, 0.29) is 24.0 Å². The van der Waals surface area contributed by atoms with E-state index in [0.29, 0.717) is 35.0 Å². The molecule has 0 amide bonds. The molecule has 2 saturated heterocycles. The zero-order valence-corrected chi connectivity index (χ0v) is 21.4. The van der Waals surface area contributed by atoms with Crippen molar-refractivity contribution in [3.8, 4) is 11.6 Å². The number of carboxylic acid groups (broad SMARTS) is 1. The third-order valence-corrected chi connectivity index (χ3v) is 6.84. The molecule has 2 fully saturated rings. The van der Waals surface area contributed by atoms with E-state index < -0.39 is 5.97 Å².